The number of carbonyl (C=O) groups is 2. The van der Waals surface area contributed by atoms with Gasteiger partial charge in [-0.05, 0) is 65.2 Å². The highest BCUT2D eigenvalue weighted by Crippen LogP contribution is 2.64. The summed E-state index contributed by atoms with van der Waals surface area (Å²) in [6.07, 6.45) is 3.91. The van der Waals surface area contributed by atoms with Gasteiger partial charge in [0.15, 0.2) is 0 Å². The van der Waals surface area contributed by atoms with Gasteiger partial charge in [0, 0.05) is 5.41 Å². The number of hydrogen-bond acceptors (Lipinski definition) is 4. The second-order valence-corrected chi connectivity index (χ2v) is 9.33. The summed E-state index contributed by atoms with van der Waals surface area (Å²) in [5.74, 6) is -1.49. The van der Waals surface area contributed by atoms with E-state index < -0.39 is 40.1 Å². The van der Waals surface area contributed by atoms with Crippen molar-refractivity contribution >= 4 is 11.9 Å². The third-order valence-corrected chi connectivity index (χ3v) is 7.41. The maximum atomic E-state index is 12.5. The minimum atomic E-state index is -1.13. The van der Waals surface area contributed by atoms with Gasteiger partial charge in [0.25, 0.3) is 0 Å². The molecule has 0 amide bonds. The number of fused-ring (bicyclic) bond motifs is 3. The van der Waals surface area contributed by atoms with Gasteiger partial charge in [0.1, 0.15) is 0 Å². The first-order chi connectivity index (χ1) is 11.4. The number of carboxylic acids is 1. The van der Waals surface area contributed by atoms with Crippen LogP contribution in [0.2, 0.25) is 0 Å². The monoisotopic (exact) mass is 350 g/mol. The van der Waals surface area contributed by atoms with Crippen molar-refractivity contribution in [3.05, 3.63) is 12.7 Å². The van der Waals surface area contributed by atoms with Gasteiger partial charge in [0.2, 0.25) is 6.10 Å². The van der Waals surface area contributed by atoms with Crippen molar-refractivity contribution in [2.75, 3.05) is 0 Å². The van der Waals surface area contributed by atoms with Crippen molar-refractivity contribution in [3.63, 3.8) is 0 Å². The molecule has 1 N–H and O–H groups in total. The number of esters is 1. The summed E-state index contributed by atoms with van der Waals surface area (Å²) in [4.78, 5) is 24.5. The highest BCUT2D eigenvalue weighted by molar-refractivity contribution is 5.84. The molecule has 0 aromatic carbocycles. The van der Waals surface area contributed by atoms with Crippen LogP contribution >= 0.6 is 0 Å². The van der Waals surface area contributed by atoms with E-state index in [-0.39, 0.29) is 11.8 Å². The summed E-state index contributed by atoms with van der Waals surface area (Å²) < 4.78 is 12.0. The molecule has 6 unspecified atom stereocenters. The van der Waals surface area contributed by atoms with Gasteiger partial charge in [-0.25, -0.2) is 4.79 Å². The molecule has 0 aromatic heterocycles. The van der Waals surface area contributed by atoms with Crippen LogP contribution in [0.15, 0.2) is 12.7 Å². The highest BCUT2D eigenvalue weighted by atomic mass is 16.6. The molecule has 2 aliphatic heterocycles. The molecule has 2 saturated heterocycles. The Morgan fingerprint density at radius 1 is 1.16 bits per heavy atom. The normalized spacial score (nSPS) is 48.7. The molecule has 25 heavy (non-hydrogen) atoms. The molecule has 0 bridgehead atoms. The standard InChI is InChI=1S/C20H30O5/c1-7-18(4)10-8-13-19(5,25-18)11-9-12-17(2,3)16(23)24-14(15(21)22)20(12,13)6/h7,12-14H,1,8-11H2,2-6H3,(H,21,22). The summed E-state index contributed by atoms with van der Waals surface area (Å²) in [6, 6.07) is 0. The van der Waals surface area contributed by atoms with Gasteiger partial charge in [-0.3, -0.25) is 4.79 Å². The first-order valence-electron chi connectivity index (χ1n) is 9.18. The molecule has 0 radical (unpaired) electrons. The summed E-state index contributed by atoms with van der Waals surface area (Å²) >= 11 is 0. The summed E-state index contributed by atoms with van der Waals surface area (Å²) in [6.45, 7) is 13.8. The van der Waals surface area contributed by atoms with Crippen molar-refractivity contribution in [2.45, 2.75) is 77.6 Å². The van der Waals surface area contributed by atoms with E-state index in [2.05, 4.69) is 13.5 Å². The average molecular weight is 350 g/mol. The molecular weight excluding hydrogens is 320 g/mol. The number of rotatable bonds is 2. The Morgan fingerprint density at radius 3 is 2.32 bits per heavy atom. The Hall–Kier alpha value is -1.36. The molecule has 140 valence electrons. The van der Waals surface area contributed by atoms with E-state index in [9.17, 15) is 14.7 Å². The Balaban J connectivity index is 2.09. The summed E-state index contributed by atoms with van der Waals surface area (Å²) in [5.41, 5.74) is -2.19. The van der Waals surface area contributed by atoms with Gasteiger partial charge in [-0.1, -0.05) is 13.0 Å². The molecule has 6 atom stereocenters. The largest absolute Gasteiger partial charge is 0.478 e. The van der Waals surface area contributed by atoms with Crippen molar-refractivity contribution in [2.24, 2.45) is 22.7 Å². The molecule has 5 heteroatoms. The second-order valence-electron chi connectivity index (χ2n) is 9.33. The topological polar surface area (TPSA) is 72.8 Å². The Kier molecular flexibility index (Phi) is 3.92. The molecule has 5 nitrogen and oxygen atoms in total. The molecular formula is C20H30O5. The van der Waals surface area contributed by atoms with Crippen molar-refractivity contribution in [1.82, 2.24) is 0 Å². The molecule has 1 aliphatic carbocycles. The molecule has 3 fully saturated rings. The van der Waals surface area contributed by atoms with Gasteiger partial charge in [-0.15, -0.1) is 6.58 Å². The zero-order chi connectivity index (χ0) is 18.8. The minimum absolute atomic E-state index is 0.0141. The van der Waals surface area contributed by atoms with Crippen molar-refractivity contribution < 1.29 is 24.2 Å². The third kappa shape index (κ3) is 2.38. The van der Waals surface area contributed by atoms with E-state index in [1.165, 1.54) is 0 Å². The SMILES string of the molecule is C=CC1(C)CCC2C(C)(CCC3C(C)(C)C(=O)OC(C(=O)O)C23C)O1. The van der Waals surface area contributed by atoms with Crippen LogP contribution in [0.4, 0.5) is 0 Å². The predicted molar refractivity (Wildman–Crippen MR) is 92.9 cm³/mol. The lowest BCUT2D eigenvalue weighted by Crippen LogP contribution is -2.69. The van der Waals surface area contributed by atoms with Crippen LogP contribution in [-0.4, -0.2) is 34.4 Å². The van der Waals surface area contributed by atoms with Crippen molar-refractivity contribution in [3.8, 4) is 0 Å². The fraction of sp³-hybridized carbons (Fsp3) is 0.800. The zero-order valence-corrected chi connectivity index (χ0v) is 15.9. The number of carbonyl (C=O) groups excluding carboxylic acids is 1. The van der Waals surface area contributed by atoms with Crippen LogP contribution in [-0.2, 0) is 19.1 Å². The first kappa shape index (κ1) is 18.4. The van der Waals surface area contributed by atoms with Crippen LogP contribution in [0.3, 0.4) is 0 Å². The van der Waals surface area contributed by atoms with Crippen molar-refractivity contribution in [1.29, 1.82) is 0 Å². The van der Waals surface area contributed by atoms with Gasteiger partial charge >= 0.3 is 11.9 Å². The van der Waals surface area contributed by atoms with Crippen LogP contribution in [0, 0.1) is 22.7 Å². The lowest BCUT2D eigenvalue weighted by atomic mass is 9.45. The van der Waals surface area contributed by atoms with Crippen LogP contribution in [0.25, 0.3) is 0 Å². The highest BCUT2D eigenvalue weighted by Gasteiger charge is 2.69. The number of cyclic esters (lactones) is 1. The molecule has 2 heterocycles. The first-order valence-corrected chi connectivity index (χ1v) is 9.18. The van der Waals surface area contributed by atoms with E-state index in [4.69, 9.17) is 9.47 Å². The number of ether oxygens (including phenoxy) is 2. The third-order valence-electron chi connectivity index (χ3n) is 7.41. The smallest absolute Gasteiger partial charge is 0.345 e. The maximum absolute atomic E-state index is 12.5. The fourth-order valence-electron chi connectivity index (χ4n) is 6.06. The molecule has 1 saturated carbocycles. The Morgan fingerprint density at radius 2 is 1.76 bits per heavy atom. The summed E-state index contributed by atoms with van der Waals surface area (Å²) in [7, 11) is 0. The zero-order valence-electron chi connectivity index (χ0n) is 15.9. The molecule has 3 rings (SSSR count). The van der Waals surface area contributed by atoms with E-state index in [1.54, 1.807) is 0 Å². The van der Waals surface area contributed by atoms with Crippen LogP contribution in [0.1, 0.15) is 60.3 Å². The molecule has 0 aromatic rings. The lowest BCUT2D eigenvalue weighted by Gasteiger charge is -2.65. The van der Waals surface area contributed by atoms with Gasteiger partial charge in [0.05, 0.1) is 16.6 Å². The average Bonchev–Trinajstić information content (AvgIpc) is 2.49. The number of carboxylic acid groups (broad SMARTS) is 1. The maximum Gasteiger partial charge on any atom is 0.345 e. The molecule has 3 aliphatic rings. The predicted octanol–water partition coefficient (Wildman–Crippen LogP) is 3.57. The minimum Gasteiger partial charge on any atom is -0.478 e. The van der Waals surface area contributed by atoms with Crippen LogP contribution in [0.5, 0.6) is 0 Å². The Labute approximate surface area is 149 Å². The van der Waals surface area contributed by atoms with E-state index in [0.717, 1.165) is 25.7 Å². The lowest BCUT2D eigenvalue weighted by molar-refractivity contribution is -0.281. The number of aliphatic carboxylic acids is 1. The fourth-order valence-corrected chi connectivity index (χ4v) is 6.06. The van der Waals surface area contributed by atoms with E-state index in [1.807, 2.05) is 33.8 Å². The van der Waals surface area contributed by atoms with E-state index >= 15 is 0 Å². The second kappa shape index (κ2) is 5.32. The quantitative estimate of drug-likeness (QED) is 0.609. The van der Waals surface area contributed by atoms with Crippen LogP contribution < -0.4 is 0 Å². The summed E-state index contributed by atoms with van der Waals surface area (Å²) in [5, 5.41) is 9.82. The number of hydrogen-bond donors (Lipinski definition) is 1. The molecule has 0 spiro atoms. The Bertz CT molecular complexity index is 626. The van der Waals surface area contributed by atoms with Gasteiger partial charge in [-0.2, -0.15) is 0 Å². The van der Waals surface area contributed by atoms with E-state index in [0.29, 0.717) is 0 Å². The van der Waals surface area contributed by atoms with Gasteiger partial charge < -0.3 is 14.6 Å².